The Hall–Kier alpha value is -0.320. The van der Waals surface area contributed by atoms with Gasteiger partial charge >= 0.3 is 0 Å². The molecule has 1 fully saturated rings. The van der Waals surface area contributed by atoms with Crippen LogP contribution < -0.4 is 5.73 Å². The highest BCUT2D eigenvalue weighted by atomic mass is 79.9. The number of nitrogens with two attached hydrogens (primary N) is 1. The number of likely N-dealkylation sites (tertiary alicyclic amines) is 1. The van der Waals surface area contributed by atoms with Crippen molar-refractivity contribution in [1.82, 2.24) is 4.90 Å². The van der Waals surface area contributed by atoms with E-state index >= 15 is 0 Å². The molecule has 3 nitrogen and oxygen atoms in total. The smallest absolute Gasteiger partial charge is 0.136 e. The summed E-state index contributed by atoms with van der Waals surface area (Å²) < 4.78 is 6.65. The van der Waals surface area contributed by atoms with Crippen LogP contribution in [-0.4, -0.2) is 23.0 Å². The minimum absolute atomic E-state index is 0.106. The van der Waals surface area contributed by atoms with E-state index in [-0.39, 0.29) is 17.6 Å². The average molecular weight is 301 g/mol. The molecule has 17 heavy (non-hydrogen) atoms. The summed E-state index contributed by atoms with van der Waals surface area (Å²) in [7, 11) is 0. The molecule has 0 spiro atoms. The standard InChI is InChI=1S/C13H21BrN2O/c1-13(2,3)16-7-4-5-10(15)11(16)12-9(14)6-8-17-12/h6,8,10-11H,4-5,7,15H2,1-3H3. The highest BCUT2D eigenvalue weighted by Crippen LogP contribution is 2.38. The SMILES string of the molecule is CC(C)(C)N1CCCC(N)C1c1occc1Br. The van der Waals surface area contributed by atoms with Crippen molar-refractivity contribution in [2.24, 2.45) is 5.73 Å². The topological polar surface area (TPSA) is 42.4 Å². The molecule has 0 amide bonds. The first-order valence-corrected chi connectivity index (χ1v) is 6.96. The summed E-state index contributed by atoms with van der Waals surface area (Å²) in [4.78, 5) is 2.45. The maximum atomic E-state index is 6.30. The van der Waals surface area contributed by atoms with Crippen LogP contribution in [0.15, 0.2) is 21.2 Å². The van der Waals surface area contributed by atoms with Crippen LogP contribution >= 0.6 is 15.9 Å². The van der Waals surface area contributed by atoms with Crippen LogP contribution in [0.2, 0.25) is 0 Å². The molecule has 1 saturated heterocycles. The van der Waals surface area contributed by atoms with Gasteiger partial charge in [-0.05, 0) is 62.2 Å². The minimum atomic E-state index is 0.106. The Labute approximate surface area is 111 Å². The fourth-order valence-corrected chi connectivity index (χ4v) is 3.07. The van der Waals surface area contributed by atoms with Crippen molar-refractivity contribution in [1.29, 1.82) is 0 Å². The molecule has 2 rings (SSSR count). The van der Waals surface area contributed by atoms with Gasteiger partial charge in [0.2, 0.25) is 0 Å². The van der Waals surface area contributed by atoms with E-state index < -0.39 is 0 Å². The summed E-state index contributed by atoms with van der Waals surface area (Å²) in [5, 5.41) is 0. The van der Waals surface area contributed by atoms with Crippen LogP contribution in [0.3, 0.4) is 0 Å². The molecule has 2 heterocycles. The molecule has 2 N–H and O–H groups in total. The van der Waals surface area contributed by atoms with E-state index in [9.17, 15) is 0 Å². The molecule has 2 unspecified atom stereocenters. The molecule has 4 heteroatoms. The Balaban J connectivity index is 2.35. The summed E-state index contributed by atoms with van der Waals surface area (Å²) in [6, 6.07) is 2.26. The third-order valence-corrected chi connectivity index (χ3v) is 4.11. The van der Waals surface area contributed by atoms with Gasteiger partial charge in [0.05, 0.1) is 16.8 Å². The van der Waals surface area contributed by atoms with E-state index in [0.717, 1.165) is 29.6 Å². The summed E-state index contributed by atoms with van der Waals surface area (Å²) in [6.45, 7) is 7.77. The highest BCUT2D eigenvalue weighted by Gasteiger charge is 2.38. The number of halogens is 1. The number of rotatable bonds is 1. The molecule has 0 radical (unpaired) electrons. The van der Waals surface area contributed by atoms with Crippen LogP contribution in [-0.2, 0) is 0 Å². The van der Waals surface area contributed by atoms with Gasteiger partial charge in [0.1, 0.15) is 5.76 Å². The maximum absolute atomic E-state index is 6.30. The average Bonchev–Trinajstić information content (AvgIpc) is 2.62. The fourth-order valence-electron chi connectivity index (χ4n) is 2.63. The third-order valence-electron chi connectivity index (χ3n) is 3.45. The van der Waals surface area contributed by atoms with Gasteiger partial charge in [-0.3, -0.25) is 4.90 Å². The molecule has 2 atom stereocenters. The first kappa shape index (κ1) is 13.1. The van der Waals surface area contributed by atoms with Crippen molar-refractivity contribution >= 4 is 15.9 Å². The van der Waals surface area contributed by atoms with E-state index in [1.54, 1.807) is 6.26 Å². The zero-order valence-electron chi connectivity index (χ0n) is 10.7. The minimum Gasteiger partial charge on any atom is -0.466 e. The van der Waals surface area contributed by atoms with E-state index in [0.29, 0.717) is 0 Å². The zero-order valence-corrected chi connectivity index (χ0v) is 12.3. The quantitative estimate of drug-likeness (QED) is 0.865. The predicted octanol–water partition coefficient (Wildman–Crippen LogP) is 3.30. The number of piperidine rings is 1. The molecule has 1 aromatic heterocycles. The Bertz CT molecular complexity index is 383. The Morgan fingerprint density at radius 1 is 1.47 bits per heavy atom. The summed E-state index contributed by atoms with van der Waals surface area (Å²) in [5.74, 6) is 0.965. The van der Waals surface area contributed by atoms with Crippen molar-refractivity contribution in [2.45, 2.75) is 51.2 Å². The lowest BCUT2D eigenvalue weighted by molar-refractivity contribution is 0.0270. The molecular formula is C13H21BrN2O. The van der Waals surface area contributed by atoms with Crippen LogP contribution in [0.5, 0.6) is 0 Å². The number of hydrogen-bond donors (Lipinski definition) is 1. The lowest BCUT2D eigenvalue weighted by atomic mass is 9.90. The molecule has 1 aliphatic rings. The maximum Gasteiger partial charge on any atom is 0.136 e. The third kappa shape index (κ3) is 2.59. The van der Waals surface area contributed by atoms with E-state index in [1.807, 2.05) is 6.07 Å². The predicted molar refractivity (Wildman–Crippen MR) is 72.8 cm³/mol. The van der Waals surface area contributed by atoms with Gasteiger partial charge < -0.3 is 10.2 Å². The van der Waals surface area contributed by atoms with Gasteiger partial charge in [-0.25, -0.2) is 0 Å². The van der Waals surface area contributed by atoms with Crippen molar-refractivity contribution in [3.8, 4) is 0 Å². The molecule has 0 aromatic carbocycles. The molecule has 1 aliphatic heterocycles. The Kier molecular flexibility index (Phi) is 3.66. The van der Waals surface area contributed by atoms with Gasteiger partial charge in [-0.2, -0.15) is 0 Å². The van der Waals surface area contributed by atoms with Crippen LogP contribution in [0.25, 0.3) is 0 Å². The first-order valence-electron chi connectivity index (χ1n) is 6.16. The van der Waals surface area contributed by atoms with Crippen molar-refractivity contribution in [3.63, 3.8) is 0 Å². The second kappa shape index (κ2) is 4.75. The molecular weight excluding hydrogens is 280 g/mol. The summed E-state index contributed by atoms with van der Waals surface area (Å²) >= 11 is 3.55. The van der Waals surface area contributed by atoms with Crippen LogP contribution in [0, 0.1) is 0 Å². The first-order chi connectivity index (χ1) is 7.91. The van der Waals surface area contributed by atoms with E-state index in [4.69, 9.17) is 10.2 Å². The van der Waals surface area contributed by atoms with Crippen LogP contribution in [0.1, 0.15) is 45.4 Å². The van der Waals surface area contributed by atoms with Crippen molar-refractivity contribution in [3.05, 3.63) is 22.6 Å². The van der Waals surface area contributed by atoms with Gasteiger partial charge in [0.25, 0.3) is 0 Å². The van der Waals surface area contributed by atoms with Crippen molar-refractivity contribution < 1.29 is 4.42 Å². The van der Waals surface area contributed by atoms with E-state index in [1.165, 1.54) is 0 Å². The second-order valence-corrected chi connectivity index (χ2v) is 6.60. The van der Waals surface area contributed by atoms with Crippen LogP contribution in [0.4, 0.5) is 0 Å². The summed E-state index contributed by atoms with van der Waals surface area (Å²) in [5.41, 5.74) is 6.41. The second-order valence-electron chi connectivity index (χ2n) is 5.75. The number of nitrogens with zero attached hydrogens (tertiary/aromatic N) is 1. The number of furan rings is 1. The molecule has 0 saturated carbocycles. The Morgan fingerprint density at radius 2 is 2.18 bits per heavy atom. The van der Waals surface area contributed by atoms with E-state index in [2.05, 4.69) is 41.6 Å². The largest absolute Gasteiger partial charge is 0.466 e. The lowest BCUT2D eigenvalue weighted by Gasteiger charge is -2.46. The summed E-state index contributed by atoms with van der Waals surface area (Å²) in [6.07, 6.45) is 3.94. The van der Waals surface area contributed by atoms with Gasteiger partial charge in [0.15, 0.2) is 0 Å². The molecule has 0 bridgehead atoms. The van der Waals surface area contributed by atoms with Gasteiger partial charge in [0, 0.05) is 11.6 Å². The normalized spacial score (nSPS) is 27.4. The Morgan fingerprint density at radius 3 is 2.71 bits per heavy atom. The van der Waals surface area contributed by atoms with Gasteiger partial charge in [-0.15, -0.1) is 0 Å². The highest BCUT2D eigenvalue weighted by molar-refractivity contribution is 9.10. The molecule has 0 aliphatic carbocycles. The van der Waals surface area contributed by atoms with Crippen molar-refractivity contribution in [2.75, 3.05) is 6.54 Å². The molecule has 1 aromatic rings. The monoisotopic (exact) mass is 300 g/mol. The fraction of sp³-hybridized carbons (Fsp3) is 0.692. The van der Waals surface area contributed by atoms with Gasteiger partial charge in [-0.1, -0.05) is 0 Å². The zero-order chi connectivity index (χ0) is 12.6. The number of hydrogen-bond acceptors (Lipinski definition) is 3. The lowest BCUT2D eigenvalue weighted by Crippen LogP contribution is -2.53. The molecule has 96 valence electrons.